The fourth-order valence-electron chi connectivity index (χ4n) is 2.94. The van der Waals surface area contributed by atoms with Gasteiger partial charge in [-0.3, -0.25) is 9.59 Å². The number of benzene rings is 2. The summed E-state index contributed by atoms with van der Waals surface area (Å²) in [5.41, 5.74) is 2.76. The monoisotopic (exact) mass is 338 g/mol. The molecule has 2 amide bonds. The second-order valence-electron chi connectivity index (χ2n) is 6.16. The van der Waals surface area contributed by atoms with Crippen molar-refractivity contribution in [3.63, 3.8) is 0 Å². The van der Waals surface area contributed by atoms with E-state index in [4.69, 9.17) is 4.74 Å². The first-order valence-electron chi connectivity index (χ1n) is 8.42. The molecule has 1 fully saturated rings. The molecule has 1 aliphatic heterocycles. The first-order valence-corrected chi connectivity index (χ1v) is 8.42. The third-order valence-electron chi connectivity index (χ3n) is 4.22. The molecule has 2 aromatic rings. The van der Waals surface area contributed by atoms with Crippen LogP contribution in [0.1, 0.15) is 24.2 Å². The molecular formula is C20H22N2O3. The predicted molar refractivity (Wildman–Crippen MR) is 96.2 cm³/mol. The lowest BCUT2D eigenvalue weighted by molar-refractivity contribution is -0.138. The highest BCUT2D eigenvalue weighted by atomic mass is 16.5. The standard InChI is InChI=1S/C20H22N2O3/c1-15(23)21-18-9-7-16(8-10-18)13-20(24)22-11-12-25-19(14-22)17-5-3-2-4-6-17/h2-10,19H,11-14H2,1H3,(H,21,23). The maximum absolute atomic E-state index is 12.6. The van der Waals surface area contributed by atoms with Crippen molar-refractivity contribution >= 4 is 17.5 Å². The first kappa shape index (κ1) is 17.2. The van der Waals surface area contributed by atoms with Crippen LogP contribution in [0.5, 0.6) is 0 Å². The molecule has 5 nitrogen and oxygen atoms in total. The molecule has 0 bridgehead atoms. The Labute approximate surface area is 147 Å². The number of hydrogen-bond acceptors (Lipinski definition) is 3. The molecule has 0 aliphatic carbocycles. The molecule has 0 spiro atoms. The Morgan fingerprint density at radius 3 is 2.52 bits per heavy atom. The van der Waals surface area contributed by atoms with Gasteiger partial charge in [-0.05, 0) is 23.3 Å². The number of nitrogens with zero attached hydrogens (tertiary/aromatic N) is 1. The summed E-state index contributed by atoms with van der Waals surface area (Å²) in [5, 5.41) is 2.72. The van der Waals surface area contributed by atoms with Gasteiger partial charge in [0, 0.05) is 19.2 Å². The van der Waals surface area contributed by atoms with Gasteiger partial charge in [0.25, 0.3) is 0 Å². The maximum Gasteiger partial charge on any atom is 0.227 e. The van der Waals surface area contributed by atoms with E-state index in [0.717, 1.165) is 16.8 Å². The van der Waals surface area contributed by atoms with E-state index >= 15 is 0 Å². The molecule has 1 heterocycles. The highest BCUT2D eigenvalue weighted by molar-refractivity contribution is 5.88. The quantitative estimate of drug-likeness (QED) is 0.932. The predicted octanol–water partition coefficient (Wildman–Crippen LogP) is 2.79. The average Bonchev–Trinajstić information content (AvgIpc) is 2.64. The first-order chi connectivity index (χ1) is 12.1. The van der Waals surface area contributed by atoms with Crippen LogP contribution < -0.4 is 5.32 Å². The van der Waals surface area contributed by atoms with Gasteiger partial charge in [-0.15, -0.1) is 0 Å². The van der Waals surface area contributed by atoms with E-state index < -0.39 is 0 Å². The topological polar surface area (TPSA) is 58.6 Å². The van der Waals surface area contributed by atoms with Gasteiger partial charge in [0.15, 0.2) is 0 Å². The molecule has 1 N–H and O–H groups in total. The zero-order valence-corrected chi connectivity index (χ0v) is 14.3. The van der Waals surface area contributed by atoms with E-state index in [1.165, 1.54) is 6.92 Å². The fraction of sp³-hybridized carbons (Fsp3) is 0.300. The van der Waals surface area contributed by atoms with E-state index in [-0.39, 0.29) is 17.9 Å². The van der Waals surface area contributed by atoms with Gasteiger partial charge in [-0.2, -0.15) is 0 Å². The van der Waals surface area contributed by atoms with Crippen LogP contribution in [-0.2, 0) is 20.7 Å². The number of rotatable bonds is 4. The van der Waals surface area contributed by atoms with Gasteiger partial charge in [-0.1, -0.05) is 42.5 Å². The smallest absolute Gasteiger partial charge is 0.227 e. The second kappa shape index (κ2) is 7.94. The Hall–Kier alpha value is -2.66. The van der Waals surface area contributed by atoms with Crippen molar-refractivity contribution in [2.24, 2.45) is 0 Å². The highest BCUT2D eigenvalue weighted by Crippen LogP contribution is 2.22. The highest BCUT2D eigenvalue weighted by Gasteiger charge is 2.25. The summed E-state index contributed by atoms with van der Waals surface area (Å²) < 4.78 is 5.81. The number of carbonyl (C=O) groups is 2. The Morgan fingerprint density at radius 1 is 1.12 bits per heavy atom. The molecule has 5 heteroatoms. The third-order valence-corrected chi connectivity index (χ3v) is 4.22. The summed E-state index contributed by atoms with van der Waals surface area (Å²) in [6, 6.07) is 17.4. The lowest BCUT2D eigenvalue weighted by Crippen LogP contribution is -2.42. The van der Waals surface area contributed by atoms with Crippen LogP contribution in [-0.4, -0.2) is 36.4 Å². The molecular weight excluding hydrogens is 316 g/mol. The summed E-state index contributed by atoms with van der Waals surface area (Å²) in [6.45, 7) is 3.21. The van der Waals surface area contributed by atoms with Crippen molar-refractivity contribution < 1.29 is 14.3 Å². The second-order valence-corrected chi connectivity index (χ2v) is 6.16. The number of anilines is 1. The fourth-order valence-corrected chi connectivity index (χ4v) is 2.94. The zero-order valence-electron chi connectivity index (χ0n) is 14.3. The molecule has 25 heavy (non-hydrogen) atoms. The largest absolute Gasteiger partial charge is 0.370 e. The normalized spacial score (nSPS) is 17.2. The van der Waals surface area contributed by atoms with E-state index in [0.29, 0.717) is 26.1 Å². The minimum absolute atomic E-state index is 0.0685. The lowest BCUT2D eigenvalue weighted by Gasteiger charge is -2.33. The van der Waals surface area contributed by atoms with E-state index in [9.17, 15) is 9.59 Å². The molecule has 3 rings (SSSR count). The number of ether oxygens (including phenoxy) is 1. The zero-order chi connectivity index (χ0) is 17.6. The van der Waals surface area contributed by atoms with Crippen molar-refractivity contribution in [1.82, 2.24) is 4.90 Å². The summed E-state index contributed by atoms with van der Waals surface area (Å²) >= 11 is 0. The molecule has 1 unspecified atom stereocenters. The van der Waals surface area contributed by atoms with Gasteiger partial charge in [0.1, 0.15) is 6.10 Å². The number of carbonyl (C=O) groups excluding carboxylic acids is 2. The molecule has 0 saturated carbocycles. The third kappa shape index (κ3) is 4.67. The molecule has 1 saturated heterocycles. The van der Waals surface area contributed by atoms with Crippen LogP contribution in [0.3, 0.4) is 0 Å². The SMILES string of the molecule is CC(=O)Nc1ccc(CC(=O)N2CCOC(c3ccccc3)C2)cc1. The minimum atomic E-state index is -0.107. The summed E-state index contributed by atoms with van der Waals surface area (Å²) in [7, 11) is 0. The van der Waals surface area contributed by atoms with Gasteiger partial charge in [0.05, 0.1) is 19.6 Å². The van der Waals surface area contributed by atoms with Crippen molar-refractivity contribution in [2.45, 2.75) is 19.4 Å². The average molecular weight is 338 g/mol. The summed E-state index contributed by atoms with van der Waals surface area (Å²) in [6.07, 6.45) is 0.281. The number of morpholine rings is 1. The van der Waals surface area contributed by atoms with Gasteiger partial charge < -0.3 is 15.0 Å². The van der Waals surface area contributed by atoms with Crippen molar-refractivity contribution in [3.8, 4) is 0 Å². The van der Waals surface area contributed by atoms with Crippen LogP contribution in [0.4, 0.5) is 5.69 Å². The van der Waals surface area contributed by atoms with Gasteiger partial charge in [-0.25, -0.2) is 0 Å². The minimum Gasteiger partial charge on any atom is -0.370 e. The summed E-state index contributed by atoms with van der Waals surface area (Å²) in [4.78, 5) is 25.5. The molecule has 130 valence electrons. The summed E-state index contributed by atoms with van der Waals surface area (Å²) in [5.74, 6) is -0.0133. The Morgan fingerprint density at radius 2 is 1.84 bits per heavy atom. The molecule has 0 aromatic heterocycles. The van der Waals surface area contributed by atoms with Crippen LogP contribution >= 0.6 is 0 Å². The number of hydrogen-bond donors (Lipinski definition) is 1. The van der Waals surface area contributed by atoms with Crippen molar-refractivity contribution in [2.75, 3.05) is 25.0 Å². The number of nitrogens with one attached hydrogen (secondary N) is 1. The molecule has 0 radical (unpaired) electrons. The lowest BCUT2D eigenvalue weighted by atomic mass is 10.1. The van der Waals surface area contributed by atoms with Crippen LogP contribution in [0.25, 0.3) is 0 Å². The molecule has 1 aliphatic rings. The van der Waals surface area contributed by atoms with E-state index in [2.05, 4.69) is 5.32 Å². The van der Waals surface area contributed by atoms with Crippen molar-refractivity contribution in [3.05, 3.63) is 65.7 Å². The van der Waals surface area contributed by atoms with Crippen LogP contribution in [0.15, 0.2) is 54.6 Å². The molecule has 1 atom stereocenters. The van der Waals surface area contributed by atoms with E-state index in [1.807, 2.05) is 59.5 Å². The molecule has 2 aromatic carbocycles. The van der Waals surface area contributed by atoms with Gasteiger partial charge in [0.2, 0.25) is 11.8 Å². The van der Waals surface area contributed by atoms with Crippen molar-refractivity contribution in [1.29, 1.82) is 0 Å². The van der Waals surface area contributed by atoms with Crippen LogP contribution in [0.2, 0.25) is 0 Å². The van der Waals surface area contributed by atoms with Gasteiger partial charge >= 0.3 is 0 Å². The Balaban J connectivity index is 1.60. The Bertz CT molecular complexity index is 728. The van der Waals surface area contributed by atoms with Crippen LogP contribution in [0, 0.1) is 0 Å². The maximum atomic E-state index is 12.6. The van der Waals surface area contributed by atoms with E-state index in [1.54, 1.807) is 0 Å². The Kier molecular flexibility index (Phi) is 5.46. The number of amides is 2.